The van der Waals surface area contributed by atoms with Crippen LogP contribution in [0.4, 0.5) is 4.39 Å². The summed E-state index contributed by atoms with van der Waals surface area (Å²) in [5.74, 6) is 0.0474. The van der Waals surface area contributed by atoms with Crippen LogP contribution in [0.3, 0.4) is 0 Å². The molecule has 116 valence electrons. The van der Waals surface area contributed by atoms with Crippen LogP contribution in [0, 0.1) is 11.7 Å². The third-order valence-electron chi connectivity index (χ3n) is 2.49. The summed E-state index contributed by atoms with van der Waals surface area (Å²) < 4.78 is 18.0. The van der Waals surface area contributed by atoms with Crippen molar-refractivity contribution in [3.05, 3.63) is 30.1 Å². The van der Waals surface area contributed by atoms with E-state index in [1.54, 1.807) is 6.07 Å². The first-order chi connectivity index (χ1) is 9.97. The number of rotatable bonds is 6. The molecule has 5 nitrogen and oxygen atoms in total. The van der Waals surface area contributed by atoms with E-state index in [-0.39, 0.29) is 6.61 Å². The Kier molecular flexibility index (Phi) is 7.45. The molecule has 1 aromatic rings. The van der Waals surface area contributed by atoms with Crippen LogP contribution < -0.4 is 20.9 Å². The maximum atomic E-state index is 12.9. The van der Waals surface area contributed by atoms with Gasteiger partial charge < -0.3 is 10.1 Å². The second-order valence-electron chi connectivity index (χ2n) is 4.86. The lowest BCUT2D eigenvalue weighted by Crippen LogP contribution is -2.48. The fraction of sp³-hybridized carbons (Fsp3) is 0.429. The minimum absolute atomic E-state index is 0.231. The molecule has 0 unspecified atom stereocenters. The average molecular weight is 313 g/mol. The summed E-state index contributed by atoms with van der Waals surface area (Å²) in [5.41, 5.74) is 4.96. The molecule has 0 heterocycles. The molecule has 0 aliphatic carbocycles. The minimum Gasteiger partial charge on any atom is -0.484 e. The zero-order valence-corrected chi connectivity index (χ0v) is 12.9. The van der Waals surface area contributed by atoms with Gasteiger partial charge in [0, 0.05) is 12.6 Å². The number of hydrazine groups is 1. The van der Waals surface area contributed by atoms with Crippen LogP contribution in [0.2, 0.25) is 0 Å². The van der Waals surface area contributed by atoms with E-state index in [1.165, 1.54) is 18.2 Å². The van der Waals surface area contributed by atoms with E-state index in [2.05, 4.69) is 30.0 Å². The van der Waals surface area contributed by atoms with Gasteiger partial charge in [-0.05, 0) is 36.7 Å². The van der Waals surface area contributed by atoms with Crippen LogP contribution in [0.25, 0.3) is 0 Å². The van der Waals surface area contributed by atoms with Crippen molar-refractivity contribution in [3.63, 3.8) is 0 Å². The fourth-order valence-electron chi connectivity index (χ4n) is 1.39. The van der Waals surface area contributed by atoms with Crippen molar-refractivity contribution in [2.75, 3.05) is 13.2 Å². The van der Waals surface area contributed by atoms with Gasteiger partial charge in [0.1, 0.15) is 11.6 Å². The molecule has 1 amide bonds. The van der Waals surface area contributed by atoms with Gasteiger partial charge in [-0.3, -0.25) is 15.6 Å². The number of halogens is 1. The number of carbonyl (C=O) groups excluding carboxylic acids is 1. The SMILES string of the molecule is CC(C)CCNC(=S)NNC(=O)COc1cccc(F)c1. The van der Waals surface area contributed by atoms with E-state index in [1.807, 2.05) is 0 Å². The molecule has 3 N–H and O–H groups in total. The van der Waals surface area contributed by atoms with Gasteiger partial charge in [-0.2, -0.15) is 0 Å². The predicted octanol–water partition coefficient (Wildman–Crippen LogP) is 1.75. The first-order valence-corrected chi connectivity index (χ1v) is 7.09. The van der Waals surface area contributed by atoms with Gasteiger partial charge in [-0.25, -0.2) is 4.39 Å². The summed E-state index contributed by atoms with van der Waals surface area (Å²) in [6.45, 7) is 4.73. The highest BCUT2D eigenvalue weighted by atomic mass is 32.1. The van der Waals surface area contributed by atoms with E-state index in [9.17, 15) is 9.18 Å². The van der Waals surface area contributed by atoms with Crippen LogP contribution in [0.1, 0.15) is 20.3 Å². The van der Waals surface area contributed by atoms with Crippen molar-refractivity contribution < 1.29 is 13.9 Å². The summed E-state index contributed by atoms with van der Waals surface area (Å²) in [4.78, 5) is 11.5. The third-order valence-corrected chi connectivity index (χ3v) is 2.74. The number of hydrogen-bond donors (Lipinski definition) is 3. The van der Waals surface area contributed by atoms with Crippen molar-refractivity contribution in [1.29, 1.82) is 0 Å². The van der Waals surface area contributed by atoms with E-state index in [0.717, 1.165) is 13.0 Å². The Morgan fingerprint density at radius 2 is 2.14 bits per heavy atom. The van der Waals surface area contributed by atoms with Crippen molar-refractivity contribution in [3.8, 4) is 5.75 Å². The molecule has 0 spiro atoms. The quantitative estimate of drug-likeness (QED) is 0.552. The van der Waals surface area contributed by atoms with Crippen molar-refractivity contribution in [2.45, 2.75) is 20.3 Å². The zero-order valence-electron chi connectivity index (χ0n) is 12.1. The van der Waals surface area contributed by atoms with Gasteiger partial charge in [-0.1, -0.05) is 19.9 Å². The lowest BCUT2D eigenvalue weighted by molar-refractivity contribution is -0.123. The van der Waals surface area contributed by atoms with Gasteiger partial charge in [-0.15, -0.1) is 0 Å². The second-order valence-corrected chi connectivity index (χ2v) is 5.27. The molecule has 0 bridgehead atoms. The number of amides is 1. The molecule has 1 rings (SSSR count). The summed E-state index contributed by atoms with van der Waals surface area (Å²) in [7, 11) is 0. The van der Waals surface area contributed by atoms with Crippen LogP contribution >= 0.6 is 12.2 Å². The van der Waals surface area contributed by atoms with Gasteiger partial charge in [0.05, 0.1) is 0 Å². The summed E-state index contributed by atoms with van der Waals surface area (Å²) in [6, 6.07) is 5.59. The molecule has 1 aromatic carbocycles. The maximum absolute atomic E-state index is 12.9. The Morgan fingerprint density at radius 1 is 1.38 bits per heavy atom. The van der Waals surface area contributed by atoms with Crippen molar-refractivity contribution in [1.82, 2.24) is 16.2 Å². The van der Waals surface area contributed by atoms with Crippen LogP contribution in [0.5, 0.6) is 5.75 Å². The normalized spacial score (nSPS) is 10.1. The van der Waals surface area contributed by atoms with Crippen molar-refractivity contribution in [2.24, 2.45) is 5.92 Å². The van der Waals surface area contributed by atoms with Gasteiger partial charge in [0.15, 0.2) is 11.7 Å². The first-order valence-electron chi connectivity index (χ1n) is 6.68. The molecule has 7 heteroatoms. The molecular formula is C14H20FN3O2S. The number of hydrogen-bond acceptors (Lipinski definition) is 3. The molecule has 0 radical (unpaired) electrons. The molecule has 0 saturated heterocycles. The molecule has 0 saturated carbocycles. The Hall–Kier alpha value is -1.89. The second kappa shape index (κ2) is 9.12. The molecule has 0 fully saturated rings. The lowest BCUT2D eigenvalue weighted by Gasteiger charge is -2.12. The summed E-state index contributed by atoms with van der Waals surface area (Å²) in [6.07, 6.45) is 0.985. The van der Waals surface area contributed by atoms with Gasteiger partial charge in [0.25, 0.3) is 5.91 Å². The summed E-state index contributed by atoms with van der Waals surface area (Å²) in [5, 5.41) is 3.31. The Bertz CT molecular complexity index is 483. The smallest absolute Gasteiger partial charge is 0.276 e. The maximum Gasteiger partial charge on any atom is 0.276 e. The number of nitrogens with one attached hydrogen (secondary N) is 3. The van der Waals surface area contributed by atoms with E-state index in [0.29, 0.717) is 16.8 Å². The van der Waals surface area contributed by atoms with E-state index < -0.39 is 11.7 Å². The minimum atomic E-state index is -0.415. The molecular weight excluding hydrogens is 293 g/mol. The Morgan fingerprint density at radius 3 is 2.81 bits per heavy atom. The largest absolute Gasteiger partial charge is 0.484 e. The van der Waals surface area contributed by atoms with Gasteiger partial charge >= 0.3 is 0 Å². The van der Waals surface area contributed by atoms with Gasteiger partial charge in [0.2, 0.25) is 0 Å². The molecule has 0 aromatic heterocycles. The monoisotopic (exact) mass is 313 g/mol. The Labute approximate surface area is 129 Å². The molecule has 0 atom stereocenters. The topological polar surface area (TPSA) is 62.4 Å². The van der Waals surface area contributed by atoms with E-state index in [4.69, 9.17) is 17.0 Å². The number of thiocarbonyl (C=S) groups is 1. The molecule has 0 aliphatic heterocycles. The number of benzene rings is 1. The highest BCUT2D eigenvalue weighted by Crippen LogP contribution is 2.11. The standard InChI is InChI=1S/C14H20FN3O2S/c1-10(2)6-7-16-14(21)18-17-13(19)9-20-12-5-3-4-11(15)8-12/h3-5,8,10H,6-7,9H2,1-2H3,(H,17,19)(H2,16,18,21). The third kappa shape index (κ3) is 8.09. The predicted molar refractivity (Wildman–Crippen MR) is 83.2 cm³/mol. The summed E-state index contributed by atoms with van der Waals surface area (Å²) >= 11 is 4.99. The van der Waals surface area contributed by atoms with E-state index >= 15 is 0 Å². The highest BCUT2D eigenvalue weighted by molar-refractivity contribution is 7.80. The van der Waals surface area contributed by atoms with Crippen molar-refractivity contribution >= 4 is 23.2 Å². The Balaban J connectivity index is 2.17. The number of ether oxygens (including phenoxy) is 1. The first kappa shape index (κ1) is 17.2. The lowest BCUT2D eigenvalue weighted by atomic mass is 10.1. The van der Waals surface area contributed by atoms with Crippen LogP contribution in [-0.4, -0.2) is 24.2 Å². The van der Waals surface area contributed by atoms with Crippen LogP contribution in [-0.2, 0) is 4.79 Å². The molecule has 21 heavy (non-hydrogen) atoms. The average Bonchev–Trinajstić information content (AvgIpc) is 2.42. The number of carbonyl (C=O) groups is 1. The molecule has 0 aliphatic rings. The van der Waals surface area contributed by atoms with Crippen LogP contribution in [0.15, 0.2) is 24.3 Å². The zero-order chi connectivity index (χ0) is 15.7. The highest BCUT2D eigenvalue weighted by Gasteiger charge is 2.04. The fourth-order valence-corrected chi connectivity index (χ4v) is 1.54.